The predicted molar refractivity (Wildman–Crippen MR) is 70.3 cm³/mol. The Morgan fingerprint density at radius 3 is 2.32 bits per heavy atom. The molecule has 0 radical (unpaired) electrons. The van der Waals surface area contributed by atoms with Gasteiger partial charge in [-0.3, -0.25) is 0 Å². The SMILES string of the molecule is CN(c1cccc(C#N)c1)c1cc(F)cc(C#N)c1. The van der Waals surface area contributed by atoms with Crippen LogP contribution in [0, 0.1) is 28.5 Å². The first-order valence-corrected chi connectivity index (χ1v) is 5.58. The standard InChI is InChI=1S/C15H10FN3/c1-19(14-4-2-3-11(6-14)9-17)15-7-12(10-18)5-13(16)8-15/h2-8H,1H3. The Morgan fingerprint density at radius 2 is 1.63 bits per heavy atom. The second-order valence-electron chi connectivity index (χ2n) is 4.03. The number of halogens is 1. The molecule has 2 aromatic rings. The molecule has 0 heterocycles. The molecule has 2 aromatic carbocycles. The van der Waals surface area contributed by atoms with E-state index in [1.165, 1.54) is 12.1 Å². The van der Waals surface area contributed by atoms with Crippen molar-refractivity contribution >= 4 is 11.4 Å². The number of benzene rings is 2. The Balaban J connectivity index is 2.44. The van der Waals surface area contributed by atoms with Gasteiger partial charge < -0.3 is 4.90 Å². The normalized spacial score (nSPS) is 9.47. The molecule has 0 atom stereocenters. The van der Waals surface area contributed by atoms with Crippen LogP contribution >= 0.6 is 0 Å². The van der Waals surface area contributed by atoms with Crippen molar-refractivity contribution in [1.82, 2.24) is 0 Å². The number of nitriles is 2. The zero-order valence-corrected chi connectivity index (χ0v) is 10.3. The molecule has 0 amide bonds. The third kappa shape index (κ3) is 2.70. The number of hydrogen-bond acceptors (Lipinski definition) is 3. The van der Waals surface area contributed by atoms with Gasteiger partial charge in [-0.15, -0.1) is 0 Å². The van der Waals surface area contributed by atoms with E-state index in [2.05, 4.69) is 6.07 Å². The first-order valence-electron chi connectivity index (χ1n) is 5.58. The minimum atomic E-state index is -0.461. The molecular formula is C15H10FN3. The molecule has 0 fully saturated rings. The van der Waals surface area contributed by atoms with E-state index in [0.717, 1.165) is 5.69 Å². The van der Waals surface area contributed by atoms with Gasteiger partial charge in [0.15, 0.2) is 0 Å². The third-order valence-electron chi connectivity index (χ3n) is 2.76. The van der Waals surface area contributed by atoms with Crippen LogP contribution in [-0.2, 0) is 0 Å². The summed E-state index contributed by atoms with van der Waals surface area (Å²) >= 11 is 0. The minimum Gasteiger partial charge on any atom is -0.344 e. The molecule has 3 nitrogen and oxygen atoms in total. The topological polar surface area (TPSA) is 50.8 Å². The van der Waals surface area contributed by atoms with Crippen molar-refractivity contribution < 1.29 is 4.39 Å². The first-order chi connectivity index (χ1) is 9.13. The molecule has 0 saturated heterocycles. The molecule has 0 unspecified atom stereocenters. The van der Waals surface area contributed by atoms with Crippen LogP contribution in [0.25, 0.3) is 0 Å². The van der Waals surface area contributed by atoms with Gasteiger partial charge in [-0.1, -0.05) is 6.07 Å². The van der Waals surface area contributed by atoms with Gasteiger partial charge in [0, 0.05) is 18.4 Å². The van der Waals surface area contributed by atoms with Crippen molar-refractivity contribution in [3.63, 3.8) is 0 Å². The van der Waals surface area contributed by atoms with Crippen molar-refractivity contribution in [3.8, 4) is 12.1 Å². The predicted octanol–water partition coefficient (Wildman–Crippen LogP) is 3.34. The Morgan fingerprint density at radius 1 is 0.947 bits per heavy atom. The smallest absolute Gasteiger partial charge is 0.126 e. The highest BCUT2D eigenvalue weighted by Crippen LogP contribution is 2.25. The van der Waals surface area contributed by atoms with Crippen LogP contribution in [0.2, 0.25) is 0 Å². The molecule has 0 aromatic heterocycles. The summed E-state index contributed by atoms with van der Waals surface area (Å²) in [7, 11) is 1.76. The van der Waals surface area contributed by atoms with Crippen LogP contribution in [0.15, 0.2) is 42.5 Å². The Hall–Kier alpha value is -2.85. The van der Waals surface area contributed by atoms with Gasteiger partial charge in [-0.05, 0) is 36.4 Å². The molecule has 0 aliphatic heterocycles. The van der Waals surface area contributed by atoms with Crippen molar-refractivity contribution in [2.24, 2.45) is 0 Å². The number of hydrogen-bond donors (Lipinski definition) is 0. The zero-order chi connectivity index (χ0) is 13.8. The Kier molecular flexibility index (Phi) is 3.45. The maximum absolute atomic E-state index is 13.4. The molecule has 0 aliphatic rings. The van der Waals surface area contributed by atoms with Gasteiger partial charge in [0.2, 0.25) is 0 Å². The van der Waals surface area contributed by atoms with E-state index >= 15 is 0 Å². The van der Waals surface area contributed by atoms with Gasteiger partial charge in [0.05, 0.1) is 23.3 Å². The summed E-state index contributed by atoms with van der Waals surface area (Å²) in [5.74, 6) is -0.461. The summed E-state index contributed by atoms with van der Waals surface area (Å²) in [4.78, 5) is 1.73. The third-order valence-corrected chi connectivity index (χ3v) is 2.76. The summed E-state index contributed by atoms with van der Waals surface area (Å²) in [6, 6.07) is 15.1. The van der Waals surface area contributed by atoms with Crippen LogP contribution in [0.4, 0.5) is 15.8 Å². The molecule has 2 rings (SSSR count). The average molecular weight is 251 g/mol. The summed E-state index contributed by atoms with van der Waals surface area (Å²) in [5.41, 5.74) is 2.11. The van der Waals surface area contributed by atoms with Gasteiger partial charge in [-0.25, -0.2) is 4.39 Å². The van der Waals surface area contributed by atoms with Crippen LogP contribution in [-0.4, -0.2) is 7.05 Å². The number of nitrogens with zero attached hydrogens (tertiary/aromatic N) is 3. The summed E-state index contributed by atoms with van der Waals surface area (Å²) in [5, 5.41) is 17.7. The van der Waals surface area contributed by atoms with Crippen molar-refractivity contribution in [1.29, 1.82) is 10.5 Å². The van der Waals surface area contributed by atoms with E-state index in [1.807, 2.05) is 12.1 Å². The lowest BCUT2D eigenvalue weighted by atomic mass is 10.1. The van der Waals surface area contributed by atoms with Gasteiger partial charge in [-0.2, -0.15) is 10.5 Å². The number of rotatable bonds is 2. The zero-order valence-electron chi connectivity index (χ0n) is 10.3. The van der Waals surface area contributed by atoms with E-state index in [-0.39, 0.29) is 5.56 Å². The first kappa shape index (κ1) is 12.6. The highest BCUT2D eigenvalue weighted by atomic mass is 19.1. The van der Waals surface area contributed by atoms with Gasteiger partial charge >= 0.3 is 0 Å². The Bertz CT molecular complexity index is 695. The van der Waals surface area contributed by atoms with Crippen molar-refractivity contribution in [2.45, 2.75) is 0 Å². The fourth-order valence-electron chi connectivity index (χ4n) is 1.77. The van der Waals surface area contributed by atoms with Gasteiger partial charge in [0.1, 0.15) is 5.82 Å². The second-order valence-corrected chi connectivity index (χ2v) is 4.03. The fourth-order valence-corrected chi connectivity index (χ4v) is 1.77. The number of anilines is 2. The maximum atomic E-state index is 13.4. The monoisotopic (exact) mass is 251 g/mol. The molecule has 4 heteroatoms. The molecular weight excluding hydrogens is 241 g/mol. The van der Waals surface area contributed by atoms with Crippen molar-refractivity contribution in [3.05, 3.63) is 59.4 Å². The quantitative estimate of drug-likeness (QED) is 0.822. The summed E-state index contributed by atoms with van der Waals surface area (Å²) in [6.45, 7) is 0. The van der Waals surface area contributed by atoms with E-state index in [4.69, 9.17) is 10.5 Å². The lowest BCUT2D eigenvalue weighted by molar-refractivity contribution is 0.627. The van der Waals surface area contributed by atoms with Crippen LogP contribution in [0.5, 0.6) is 0 Å². The molecule has 0 aliphatic carbocycles. The highest BCUT2D eigenvalue weighted by molar-refractivity contribution is 5.65. The van der Waals surface area contributed by atoms with Crippen LogP contribution < -0.4 is 4.90 Å². The van der Waals surface area contributed by atoms with E-state index in [9.17, 15) is 4.39 Å². The molecule has 0 saturated carbocycles. The average Bonchev–Trinajstić information content (AvgIpc) is 2.45. The molecule has 0 spiro atoms. The van der Waals surface area contributed by atoms with E-state index < -0.39 is 5.82 Å². The maximum Gasteiger partial charge on any atom is 0.126 e. The van der Waals surface area contributed by atoms with Crippen molar-refractivity contribution in [2.75, 3.05) is 11.9 Å². The lowest BCUT2D eigenvalue weighted by Crippen LogP contribution is -2.10. The van der Waals surface area contributed by atoms with Gasteiger partial charge in [0.25, 0.3) is 0 Å². The molecule has 19 heavy (non-hydrogen) atoms. The largest absolute Gasteiger partial charge is 0.344 e. The van der Waals surface area contributed by atoms with Crippen LogP contribution in [0.3, 0.4) is 0 Å². The molecule has 92 valence electrons. The molecule has 0 N–H and O–H groups in total. The van der Waals surface area contributed by atoms with Crippen LogP contribution in [0.1, 0.15) is 11.1 Å². The highest BCUT2D eigenvalue weighted by Gasteiger charge is 2.08. The fraction of sp³-hybridized carbons (Fsp3) is 0.0667. The lowest BCUT2D eigenvalue weighted by Gasteiger charge is -2.20. The summed E-state index contributed by atoms with van der Waals surface area (Å²) < 4.78 is 13.4. The van der Waals surface area contributed by atoms with E-state index in [1.54, 1.807) is 36.2 Å². The Labute approximate surface area is 110 Å². The molecule has 0 bridgehead atoms. The minimum absolute atomic E-state index is 0.262. The second kappa shape index (κ2) is 5.20. The van der Waals surface area contributed by atoms with E-state index in [0.29, 0.717) is 11.3 Å². The summed E-state index contributed by atoms with van der Waals surface area (Å²) in [6.07, 6.45) is 0.